The summed E-state index contributed by atoms with van der Waals surface area (Å²) in [5.74, 6) is 0.459. The molecule has 0 radical (unpaired) electrons. The summed E-state index contributed by atoms with van der Waals surface area (Å²) in [6.07, 6.45) is 3.93. The van der Waals surface area contributed by atoms with Gasteiger partial charge in [0.2, 0.25) is 0 Å². The second-order valence-corrected chi connectivity index (χ2v) is 7.72. The largest absolute Gasteiger partial charge is 0.587 e. The molecule has 0 heterocycles. The van der Waals surface area contributed by atoms with E-state index in [1.54, 1.807) is 48.5 Å². The smallest absolute Gasteiger partial charge is 0.393 e. The molecule has 0 N–H and O–H groups in total. The van der Waals surface area contributed by atoms with Gasteiger partial charge in [0.1, 0.15) is 0 Å². The summed E-state index contributed by atoms with van der Waals surface area (Å²) < 4.78 is 29.6. The highest BCUT2D eigenvalue weighted by molar-refractivity contribution is 7.49. The third-order valence-electron chi connectivity index (χ3n) is 3.34. The van der Waals surface area contributed by atoms with Gasteiger partial charge in [0, 0.05) is 0 Å². The first-order valence-electron chi connectivity index (χ1n) is 8.17. The zero-order chi connectivity index (χ0) is 18.1. The molecule has 4 nitrogen and oxygen atoms in total. The Labute approximate surface area is 158 Å². The van der Waals surface area contributed by atoms with Crippen LogP contribution in [0.2, 0.25) is 10.0 Å². The maximum atomic E-state index is 13.1. The van der Waals surface area contributed by atoms with Gasteiger partial charge in [0.25, 0.3) is 0 Å². The van der Waals surface area contributed by atoms with Crippen molar-refractivity contribution in [2.24, 2.45) is 0 Å². The van der Waals surface area contributed by atoms with E-state index >= 15 is 0 Å². The maximum Gasteiger partial charge on any atom is 0.587 e. The predicted octanol–water partition coefficient (Wildman–Crippen LogP) is 7.16. The van der Waals surface area contributed by atoms with E-state index < -0.39 is 7.82 Å². The van der Waals surface area contributed by atoms with Gasteiger partial charge in [0.05, 0.1) is 16.7 Å². The Morgan fingerprint density at radius 3 is 1.84 bits per heavy atom. The van der Waals surface area contributed by atoms with Crippen molar-refractivity contribution in [3.8, 4) is 11.5 Å². The van der Waals surface area contributed by atoms with Gasteiger partial charge in [0.15, 0.2) is 11.5 Å². The fourth-order valence-corrected chi connectivity index (χ4v) is 3.81. The molecule has 0 saturated carbocycles. The highest BCUT2D eigenvalue weighted by Crippen LogP contribution is 2.52. The number of para-hydroxylation sites is 2. The van der Waals surface area contributed by atoms with Crippen molar-refractivity contribution in [1.29, 1.82) is 0 Å². The number of hydrogen-bond acceptors (Lipinski definition) is 4. The lowest BCUT2D eigenvalue weighted by Gasteiger charge is -2.20. The van der Waals surface area contributed by atoms with Crippen LogP contribution in [0.5, 0.6) is 11.5 Å². The van der Waals surface area contributed by atoms with Gasteiger partial charge in [-0.2, -0.15) is 0 Å². The molecule has 0 spiro atoms. The molecule has 0 atom stereocenters. The van der Waals surface area contributed by atoms with Crippen molar-refractivity contribution < 1.29 is 18.1 Å². The van der Waals surface area contributed by atoms with Crippen LogP contribution in [0.25, 0.3) is 0 Å². The fourth-order valence-electron chi connectivity index (χ4n) is 2.05. The number of phosphoric acid groups is 1. The maximum absolute atomic E-state index is 13.1. The first-order valence-corrected chi connectivity index (χ1v) is 10.4. The van der Waals surface area contributed by atoms with Crippen LogP contribution < -0.4 is 9.05 Å². The van der Waals surface area contributed by atoms with E-state index in [2.05, 4.69) is 6.92 Å². The Morgan fingerprint density at radius 1 is 0.840 bits per heavy atom. The lowest BCUT2D eigenvalue weighted by Crippen LogP contribution is -2.06. The fraction of sp³-hybridized carbons (Fsp3) is 0.333. The highest BCUT2D eigenvalue weighted by atomic mass is 35.5. The lowest BCUT2D eigenvalue weighted by molar-refractivity contribution is 0.205. The Bertz CT molecular complexity index is 672. The van der Waals surface area contributed by atoms with Crippen molar-refractivity contribution in [1.82, 2.24) is 0 Å². The van der Waals surface area contributed by atoms with Crippen LogP contribution in [0, 0.1) is 0 Å². The summed E-state index contributed by atoms with van der Waals surface area (Å²) in [4.78, 5) is 0. The zero-order valence-corrected chi connectivity index (χ0v) is 16.4. The molecule has 2 rings (SSSR count). The molecule has 0 aliphatic carbocycles. The van der Waals surface area contributed by atoms with Crippen LogP contribution >= 0.6 is 31.0 Å². The SMILES string of the molecule is CCCCCCOP(=O)(Oc1ccccc1Cl)Oc1ccccc1Cl. The molecule has 25 heavy (non-hydrogen) atoms. The summed E-state index contributed by atoms with van der Waals surface area (Å²) in [5.41, 5.74) is 0. The molecule has 0 fully saturated rings. The summed E-state index contributed by atoms with van der Waals surface area (Å²) in [5, 5.41) is 0.639. The number of benzene rings is 2. The third-order valence-corrected chi connectivity index (χ3v) is 5.30. The summed E-state index contributed by atoms with van der Waals surface area (Å²) >= 11 is 12.2. The van der Waals surface area contributed by atoms with Crippen LogP contribution in [0.4, 0.5) is 0 Å². The van der Waals surface area contributed by atoms with Gasteiger partial charge in [-0.15, -0.1) is 0 Å². The lowest BCUT2D eigenvalue weighted by atomic mass is 10.2. The molecule has 0 saturated heterocycles. The second kappa shape index (κ2) is 10.1. The molecule has 7 heteroatoms. The van der Waals surface area contributed by atoms with Crippen molar-refractivity contribution in [3.05, 3.63) is 58.6 Å². The first kappa shape index (κ1) is 20.1. The summed E-state index contributed by atoms with van der Waals surface area (Å²) in [6.45, 7) is 2.37. The van der Waals surface area contributed by atoms with Crippen LogP contribution in [-0.2, 0) is 9.09 Å². The average molecular weight is 403 g/mol. The standard InChI is InChI=1S/C18H21Cl2O4P/c1-2-3-4-9-14-22-25(21,23-17-12-7-5-10-15(17)19)24-18-13-8-6-11-16(18)20/h5-8,10-13H,2-4,9,14H2,1H3. The summed E-state index contributed by atoms with van der Waals surface area (Å²) in [7, 11) is -3.93. The molecular weight excluding hydrogens is 382 g/mol. The Morgan fingerprint density at radius 2 is 1.36 bits per heavy atom. The van der Waals surface area contributed by atoms with Crippen molar-refractivity contribution in [3.63, 3.8) is 0 Å². The highest BCUT2D eigenvalue weighted by Gasteiger charge is 2.32. The van der Waals surface area contributed by atoms with Crippen LogP contribution in [0.15, 0.2) is 48.5 Å². The van der Waals surface area contributed by atoms with Gasteiger partial charge in [-0.1, -0.05) is 73.7 Å². The van der Waals surface area contributed by atoms with Gasteiger partial charge in [-0.25, -0.2) is 4.57 Å². The van der Waals surface area contributed by atoms with E-state index in [1.807, 2.05) is 0 Å². The van der Waals surface area contributed by atoms with Crippen molar-refractivity contribution in [2.75, 3.05) is 6.61 Å². The monoisotopic (exact) mass is 402 g/mol. The van der Waals surface area contributed by atoms with Gasteiger partial charge in [-0.3, -0.25) is 4.52 Å². The molecule has 0 aliphatic heterocycles. The molecule has 2 aromatic carbocycles. The van der Waals surface area contributed by atoms with E-state index in [0.717, 1.165) is 25.7 Å². The minimum Gasteiger partial charge on any atom is -0.393 e. The first-order chi connectivity index (χ1) is 12.0. The molecular formula is C18H21Cl2O4P. The molecule has 0 bridgehead atoms. The van der Waals surface area contributed by atoms with Gasteiger partial charge < -0.3 is 9.05 Å². The van der Waals surface area contributed by atoms with E-state index in [4.69, 9.17) is 36.8 Å². The van der Waals surface area contributed by atoms with Crippen molar-refractivity contribution in [2.45, 2.75) is 32.6 Å². The number of phosphoric ester groups is 1. The molecule has 0 aromatic heterocycles. The predicted molar refractivity (Wildman–Crippen MR) is 102 cm³/mol. The third kappa shape index (κ3) is 6.56. The number of rotatable bonds is 10. The minimum atomic E-state index is -3.93. The van der Waals surface area contributed by atoms with Gasteiger partial charge >= 0.3 is 7.82 Å². The molecule has 0 unspecified atom stereocenters. The molecule has 0 aliphatic rings. The summed E-state index contributed by atoms with van der Waals surface area (Å²) in [6, 6.07) is 13.4. The Hall–Kier alpha value is -1.19. The molecule has 2 aromatic rings. The number of unbranched alkanes of at least 4 members (excludes halogenated alkanes) is 3. The van der Waals surface area contributed by atoms with Gasteiger partial charge in [-0.05, 0) is 30.7 Å². The quantitative estimate of drug-likeness (QED) is 0.312. The van der Waals surface area contributed by atoms with Crippen LogP contribution in [-0.4, -0.2) is 6.61 Å². The second-order valence-electron chi connectivity index (χ2n) is 5.38. The van der Waals surface area contributed by atoms with E-state index in [0.29, 0.717) is 10.0 Å². The zero-order valence-electron chi connectivity index (χ0n) is 14.0. The average Bonchev–Trinajstić information content (AvgIpc) is 2.59. The van der Waals surface area contributed by atoms with E-state index in [-0.39, 0.29) is 18.1 Å². The number of halogens is 2. The van der Waals surface area contributed by atoms with Crippen molar-refractivity contribution >= 4 is 31.0 Å². The van der Waals surface area contributed by atoms with Crippen LogP contribution in [0.1, 0.15) is 32.6 Å². The Balaban J connectivity index is 2.14. The normalized spacial score (nSPS) is 11.3. The van der Waals surface area contributed by atoms with E-state index in [9.17, 15) is 4.57 Å². The van der Waals surface area contributed by atoms with Crippen LogP contribution in [0.3, 0.4) is 0 Å². The topological polar surface area (TPSA) is 44.8 Å². The molecule has 0 amide bonds. The van der Waals surface area contributed by atoms with E-state index in [1.165, 1.54) is 0 Å². The minimum absolute atomic E-state index is 0.230. The molecule has 136 valence electrons. The number of hydrogen-bond donors (Lipinski definition) is 0. The Kier molecular flexibility index (Phi) is 8.11.